The second-order valence-corrected chi connectivity index (χ2v) is 8.77. The minimum atomic E-state index is -5.04. The van der Waals surface area contributed by atoms with E-state index in [1.807, 2.05) is 35.2 Å². The minimum Gasteiger partial charge on any atom is -0.433 e. The number of morpholine rings is 1. The van der Waals surface area contributed by atoms with Crippen molar-refractivity contribution in [2.75, 3.05) is 13.2 Å². The number of ether oxygens (including phenoxy) is 2. The Hall–Kier alpha value is -3.15. The fourth-order valence-electron chi connectivity index (χ4n) is 4.27. The molecule has 0 saturated carbocycles. The number of nitrogens with zero attached hydrogens (tertiary/aromatic N) is 1. The Morgan fingerprint density at radius 1 is 0.872 bits per heavy atom. The van der Waals surface area contributed by atoms with Crippen LogP contribution in [0.15, 0.2) is 72.8 Å². The first-order valence-corrected chi connectivity index (χ1v) is 11.5. The first-order chi connectivity index (χ1) is 17.9. The molecule has 0 unspecified atom stereocenters. The summed E-state index contributed by atoms with van der Waals surface area (Å²) in [5.74, 6) is -1.56. The summed E-state index contributed by atoms with van der Waals surface area (Å²) in [7, 11) is 0. The molecular weight excluding hydrogens is 555 g/mol. The molecule has 4 rings (SSSR count). The zero-order valence-corrected chi connectivity index (χ0v) is 21.0. The maximum Gasteiger partial charge on any atom is 0.416 e. The number of esters is 1. The molecule has 2 atom stereocenters. The molecule has 1 aliphatic heterocycles. The van der Waals surface area contributed by atoms with E-state index in [0.29, 0.717) is 30.8 Å². The highest BCUT2D eigenvalue weighted by molar-refractivity contribution is 5.85. The van der Waals surface area contributed by atoms with Gasteiger partial charge in [-0.2, -0.15) is 26.3 Å². The van der Waals surface area contributed by atoms with E-state index in [0.717, 1.165) is 5.56 Å². The number of hydrogen-bond acceptors (Lipinski definition) is 4. The van der Waals surface area contributed by atoms with Gasteiger partial charge in [0.1, 0.15) is 5.82 Å². The second kappa shape index (κ2) is 12.4. The van der Waals surface area contributed by atoms with Crippen LogP contribution in [0.25, 0.3) is 0 Å². The Labute approximate surface area is 225 Å². The molecule has 3 aromatic rings. The first-order valence-electron chi connectivity index (χ1n) is 11.5. The van der Waals surface area contributed by atoms with Crippen molar-refractivity contribution >= 4 is 18.4 Å². The average molecular weight is 578 g/mol. The van der Waals surface area contributed by atoms with Crippen LogP contribution < -0.4 is 0 Å². The molecule has 39 heavy (non-hydrogen) atoms. The minimum absolute atomic E-state index is 0. The molecule has 1 aliphatic rings. The van der Waals surface area contributed by atoms with Crippen LogP contribution in [0.4, 0.5) is 30.7 Å². The van der Waals surface area contributed by atoms with Crippen LogP contribution >= 0.6 is 12.4 Å². The van der Waals surface area contributed by atoms with E-state index >= 15 is 0 Å². The van der Waals surface area contributed by atoms with Gasteiger partial charge in [-0.25, -0.2) is 4.39 Å². The highest BCUT2D eigenvalue weighted by atomic mass is 35.5. The van der Waals surface area contributed by atoms with Crippen LogP contribution in [-0.2, 0) is 39.6 Å². The molecule has 0 radical (unpaired) electrons. The fourth-order valence-corrected chi connectivity index (χ4v) is 4.27. The zero-order valence-electron chi connectivity index (χ0n) is 20.1. The van der Waals surface area contributed by atoms with E-state index in [2.05, 4.69) is 0 Å². The summed E-state index contributed by atoms with van der Waals surface area (Å²) in [6.45, 7) is 0.987. The number of alkyl halides is 6. The van der Waals surface area contributed by atoms with Crippen LogP contribution in [0.3, 0.4) is 0 Å². The van der Waals surface area contributed by atoms with Gasteiger partial charge in [-0.15, -0.1) is 12.4 Å². The predicted molar refractivity (Wildman–Crippen MR) is 129 cm³/mol. The summed E-state index contributed by atoms with van der Waals surface area (Å²) in [6, 6.07) is 15.0. The lowest BCUT2D eigenvalue weighted by Gasteiger charge is -2.40. The molecule has 0 amide bonds. The summed E-state index contributed by atoms with van der Waals surface area (Å²) in [6.07, 6.45) is -12.2. The Balaban J connectivity index is 0.00000420. The summed E-state index contributed by atoms with van der Waals surface area (Å²) in [5.41, 5.74) is -2.06. The van der Waals surface area contributed by atoms with Crippen LogP contribution in [0.5, 0.6) is 0 Å². The van der Waals surface area contributed by atoms with Crippen molar-refractivity contribution in [3.63, 3.8) is 0 Å². The molecule has 0 aliphatic carbocycles. The quantitative estimate of drug-likeness (QED) is 0.234. The lowest BCUT2D eigenvalue weighted by Crippen LogP contribution is -2.46. The fraction of sp³-hybridized carbons (Fsp3) is 0.296. The van der Waals surface area contributed by atoms with Gasteiger partial charge in [0.2, 0.25) is 6.29 Å². The van der Waals surface area contributed by atoms with Gasteiger partial charge in [-0.05, 0) is 47.0 Å². The summed E-state index contributed by atoms with van der Waals surface area (Å²) >= 11 is 0. The van der Waals surface area contributed by atoms with Gasteiger partial charge < -0.3 is 9.47 Å². The summed E-state index contributed by atoms with van der Waals surface area (Å²) in [5, 5.41) is 0. The molecule has 1 heterocycles. The molecule has 0 spiro atoms. The molecule has 1 saturated heterocycles. The second-order valence-electron chi connectivity index (χ2n) is 8.77. The highest BCUT2D eigenvalue weighted by Crippen LogP contribution is 2.37. The van der Waals surface area contributed by atoms with Gasteiger partial charge in [-0.1, -0.05) is 42.5 Å². The van der Waals surface area contributed by atoms with E-state index in [9.17, 15) is 35.5 Å². The molecule has 12 heteroatoms. The van der Waals surface area contributed by atoms with Gasteiger partial charge in [-0.3, -0.25) is 9.69 Å². The van der Waals surface area contributed by atoms with Crippen molar-refractivity contribution in [2.24, 2.45) is 0 Å². The van der Waals surface area contributed by atoms with Gasteiger partial charge in [0.15, 0.2) is 0 Å². The number of benzene rings is 3. The van der Waals surface area contributed by atoms with Gasteiger partial charge in [0.05, 0.1) is 30.2 Å². The number of halogens is 8. The Morgan fingerprint density at radius 2 is 1.46 bits per heavy atom. The largest absolute Gasteiger partial charge is 0.433 e. The average Bonchev–Trinajstić information content (AvgIpc) is 2.84. The third kappa shape index (κ3) is 7.93. The normalized spacial score (nSPS) is 18.3. The maximum atomic E-state index is 13.6. The van der Waals surface area contributed by atoms with Gasteiger partial charge >= 0.3 is 18.3 Å². The van der Waals surface area contributed by atoms with E-state index in [-0.39, 0.29) is 25.1 Å². The number of carbonyl (C=O) groups is 1. The van der Waals surface area contributed by atoms with Crippen molar-refractivity contribution in [2.45, 2.75) is 37.7 Å². The van der Waals surface area contributed by atoms with Crippen LogP contribution in [-0.4, -0.2) is 30.3 Å². The maximum absolute atomic E-state index is 13.6. The number of hydrogen-bond donors (Lipinski definition) is 0. The number of rotatable bonds is 6. The Bertz CT molecular complexity index is 1220. The van der Waals surface area contributed by atoms with Gasteiger partial charge in [0.25, 0.3) is 0 Å². The van der Waals surface area contributed by atoms with E-state index in [4.69, 9.17) is 9.47 Å². The van der Waals surface area contributed by atoms with Crippen LogP contribution in [0.2, 0.25) is 0 Å². The van der Waals surface area contributed by atoms with E-state index in [1.54, 1.807) is 0 Å². The third-order valence-corrected chi connectivity index (χ3v) is 6.00. The SMILES string of the molecule is Cl.O=C(Cc1cc(C(F)(F)F)cc(C(F)(F)F)c1)O[C@H]1OCCN(Cc2ccccc2)[C@@H]1c1ccc(F)cc1. The number of carbonyl (C=O) groups excluding carboxylic acids is 1. The first kappa shape index (κ1) is 30.4. The monoisotopic (exact) mass is 577 g/mol. The predicted octanol–water partition coefficient (Wildman–Crippen LogP) is 6.97. The lowest BCUT2D eigenvalue weighted by molar-refractivity contribution is -0.214. The Kier molecular flexibility index (Phi) is 9.63. The van der Waals surface area contributed by atoms with Crippen LogP contribution in [0.1, 0.15) is 33.9 Å². The lowest BCUT2D eigenvalue weighted by atomic mass is 10.0. The molecule has 0 bridgehead atoms. The standard InChI is InChI=1S/C27H22F7NO3.ClH/c28-22-8-6-19(7-9-22)24-25(37-11-10-35(24)16-17-4-2-1-3-5-17)38-23(36)14-18-12-20(26(29,30)31)15-21(13-18)27(32,33)34;/h1-9,12-13,15,24-25H,10-11,14,16H2;1H/t24-,25-;/m1./s1. The van der Waals surface area contributed by atoms with Crippen molar-refractivity contribution in [1.29, 1.82) is 0 Å². The van der Waals surface area contributed by atoms with Crippen molar-refractivity contribution < 1.29 is 45.0 Å². The summed E-state index contributed by atoms with van der Waals surface area (Å²) in [4.78, 5) is 14.7. The molecule has 0 aromatic heterocycles. The highest BCUT2D eigenvalue weighted by Gasteiger charge is 2.39. The molecule has 1 fully saturated rings. The molecule has 4 nitrogen and oxygen atoms in total. The van der Waals surface area contributed by atoms with Crippen molar-refractivity contribution in [3.05, 3.63) is 106 Å². The third-order valence-electron chi connectivity index (χ3n) is 6.00. The molecule has 0 N–H and O–H groups in total. The zero-order chi connectivity index (χ0) is 27.5. The summed E-state index contributed by atoms with van der Waals surface area (Å²) < 4.78 is 104. The van der Waals surface area contributed by atoms with Crippen LogP contribution in [0, 0.1) is 5.82 Å². The van der Waals surface area contributed by atoms with E-state index < -0.39 is 59.6 Å². The van der Waals surface area contributed by atoms with Crippen molar-refractivity contribution in [3.8, 4) is 0 Å². The Morgan fingerprint density at radius 3 is 2.03 bits per heavy atom. The topological polar surface area (TPSA) is 38.8 Å². The van der Waals surface area contributed by atoms with E-state index in [1.165, 1.54) is 24.3 Å². The smallest absolute Gasteiger partial charge is 0.416 e. The molecule has 3 aromatic carbocycles. The van der Waals surface area contributed by atoms with Gasteiger partial charge in [0, 0.05) is 13.1 Å². The molecular formula is C27H23ClF7NO3. The van der Waals surface area contributed by atoms with Crippen molar-refractivity contribution in [1.82, 2.24) is 4.90 Å². The molecule has 210 valence electrons.